The van der Waals surface area contributed by atoms with E-state index in [1.165, 1.54) is 0 Å². The standard InChI is InChI=1S/C28H40ClNO5/c1-16(2)23-8-20-9-26(14-31)22-7-6-17(3)21(22)10-27(20,28(23,26)25(32)33)15-34-24-13-30(11-18(4)29)12-19(5)35-24/h8,14,16-17,19-22,24H,4,6-7,9-13,15H2,1-3,5H3,(H,32,33)/t17-,19-,20+,21-,22-,24-,26+,27+,28+/m1/s1. The number of aliphatic carboxylic acids is 1. The van der Waals surface area contributed by atoms with E-state index in [1.807, 2.05) is 6.92 Å². The minimum absolute atomic E-state index is 0.0266. The third-order valence-corrected chi connectivity index (χ3v) is 10.5. The molecule has 35 heavy (non-hydrogen) atoms. The molecule has 0 aromatic heterocycles. The summed E-state index contributed by atoms with van der Waals surface area (Å²) in [5.74, 6) is 0.205. The van der Waals surface area contributed by atoms with Gasteiger partial charge in [-0.3, -0.25) is 9.69 Å². The Bertz CT molecular complexity index is 950. The van der Waals surface area contributed by atoms with Crippen LogP contribution in [-0.2, 0) is 19.1 Å². The van der Waals surface area contributed by atoms with Crippen molar-refractivity contribution in [2.24, 2.45) is 45.8 Å². The zero-order valence-corrected chi connectivity index (χ0v) is 22.2. The molecule has 0 aromatic rings. The van der Waals surface area contributed by atoms with Crippen molar-refractivity contribution in [3.8, 4) is 0 Å². The Balaban J connectivity index is 1.53. The van der Waals surface area contributed by atoms with Gasteiger partial charge in [-0.15, -0.1) is 0 Å². The molecule has 4 aliphatic carbocycles. The van der Waals surface area contributed by atoms with Crippen LogP contribution >= 0.6 is 11.6 Å². The van der Waals surface area contributed by atoms with Gasteiger partial charge in [-0.2, -0.15) is 0 Å². The van der Waals surface area contributed by atoms with E-state index in [1.54, 1.807) is 0 Å². The summed E-state index contributed by atoms with van der Waals surface area (Å²) in [6.45, 7) is 14.4. The number of fused-ring (bicyclic) bond motifs is 2. The number of carboxylic acids is 1. The van der Waals surface area contributed by atoms with E-state index in [9.17, 15) is 14.7 Å². The highest BCUT2D eigenvalue weighted by Gasteiger charge is 2.84. The molecular weight excluding hydrogens is 466 g/mol. The molecule has 0 amide bonds. The van der Waals surface area contributed by atoms with Crippen LogP contribution in [0.5, 0.6) is 0 Å². The number of carboxylic acid groups (broad SMARTS) is 1. The lowest BCUT2D eigenvalue weighted by Crippen LogP contribution is -2.64. The van der Waals surface area contributed by atoms with Crippen LogP contribution < -0.4 is 0 Å². The highest BCUT2D eigenvalue weighted by atomic mass is 35.5. The molecule has 1 heterocycles. The molecule has 5 rings (SSSR count). The highest BCUT2D eigenvalue weighted by molar-refractivity contribution is 6.29. The number of rotatable bonds is 8. The zero-order chi connectivity index (χ0) is 25.3. The number of nitrogens with zero attached hydrogens (tertiary/aromatic N) is 1. The number of carbonyl (C=O) groups is 2. The minimum atomic E-state index is -1.21. The van der Waals surface area contributed by atoms with Crippen LogP contribution in [0.3, 0.4) is 0 Å². The van der Waals surface area contributed by atoms with Crippen LogP contribution in [0.4, 0.5) is 0 Å². The molecule has 1 saturated heterocycles. The smallest absolute Gasteiger partial charge is 0.315 e. The fourth-order valence-corrected chi connectivity index (χ4v) is 9.50. The fourth-order valence-electron chi connectivity index (χ4n) is 9.33. The van der Waals surface area contributed by atoms with Crippen LogP contribution in [0.1, 0.15) is 53.4 Å². The Kier molecular flexibility index (Phi) is 6.31. The molecule has 4 bridgehead atoms. The molecule has 3 saturated carbocycles. The Morgan fingerprint density at radius 1 is 1.34 bits per heavy atom. The van der Waals surface area contributed by atoms with Gasteiger partial charge in [-0.25, -0.2) is 0 Å². The quantitative estimate of drug-likeness (QED) is 0.380. The Hall–Kier alpha value is -1.21. The maximum Gasteiger partial charge on any atom is 0.315 e. The van der Waals surface area contributed by atoms with Crippen LogP contribution in [0.15, 0.2) is 23.3 Å². The van der Waals surface area contributed by atoms with Crippen LogP contribution in [-0.4, -0.2) is 60.9 Å². The molecule has 0 radical (unpaired) electrons. The summed E-state index contributed by atoms with van der Waals surface area (Å²) < 4.78 is 12.7. The molecule has 7 heteroatoms. The molecule has 194 valence electrons. The Labute approximate surface area is 214 Å². The first-order chi connectivity index (χ1) is 16.5. The molecule has 1 aliphatic heterocycles. The van der Waals surface area contributed by atoms with Gasteiger partial charge in [0.15, 0.2) is 6.29 Å². The van der Waals surface area contributed by atoms with E-state index >= 15 is 0 Å². The zero-order valence-electron chi connectivity index (χ0n) is 21.5. The van der Waals surface area contributed by atoms with Crippen molar-refractivity contribution in [2.45, 2.75) is 65.8 Å². The first-order valence-electron chi connectivity index (χ1n) is 13.3. The van der Waals surface area contributed by atoms with E-state index < -0.39 is 28.5 Å². The molecule has 0 aromatic carbocycles. The van der Waals surface area contributed by atoms with Crippen LogP contribution in [0.2, 0.25) is 0 Å². The summed E-state index contributed by atoms with van der Waals surface area (Å²) in [6.07, 6.45) is 6.19. The second-order valence-electron chi connectivity index (χ2n) is 12.4. The van der Waals surface area contributed by atoms with Crippen LogP contribution in [0.25, 0.3) is 0 Å². The molecule has 4 fully saturated rings. The monoisotopic (exact) mass is 505 g/mol. The van der Waals surface area contributed by atoms with Crippen molar-refractivity contribution in [1.29, 1.82) is 0 Å². The second kappa shape index (κ2) is 8.68. The Morgan fingerprint density at radius 2 is 2.09 bits per heavy atom. The van der Waals surface area contributed by atoms with Crippen molar-refractivity contribution in [2.75, 3.05) is 26.2 Å². The summed E-state index contributed by atoms with van der Waals surface area (Å²) >= 11 is 6.07. The summed E-state index contributed by atoms with van der Waals surface area (Å²) in [4.78, 5) is 28.8. The SMILES string of the molecule is C=C(Cl)CN1C[C@H](OC[C@@]23C[C@@H]4[C@H](C)CC[C@H]4[C@@]4(C=O)C[C@@H]2C=C(C(C)C)[C@@]34C(=O)O)O[C@H](C)C1. The Morgan fingerprint density at radius 3 is 2.71 bits per heavy atom. The van der Waals surface area contributed by atoms with Crippen LogP contribution in [0, 0.1) is 45.8 Å². The average Bonchev–Trinajstić information content (AvgIpc) is 3.34. The molecule has 6 nitrogen and oxygen atoms in total. The second-order valence-corrected chi connectivity index (χ2v) is 12.9. The van der Waals surface area contributed by atoms with Gasteiger partial charge in [-0.05, 0) is 55.8 Å². The maximum atomic E-state index is 13.5. The average molecular weight is 506 g/mol. The molecular formula is C28H40ClNO5. The number of hydrogen-bond acceptors (Lipinski definition) is 5. The van der Waals surface area contributed by atoms with Crippen molar-refractivity contribution < 1.29 is 24.2 Å². The predicted octanol–water partition coefficient (Wildman–Crippen LogP) is 4.73. The maximum absolute atomic E-state index is 13.5. The van der Waals surface area contributed by atoms with Crippen molar-refractivity contribution in [3.63, 3.8) is 0 Å². The molecule has 0 spiro atoms. The number of carbonyl (C=O) groups excluding carboxylic acids is 1. The van der Waals surface area contributed by atoms with E-state index in [-0.39, 0.29) is 30.5 Å². The van der Waals surface area contributed by atoms with Gasteiger partial charge in [0.25, 0.3) is 0 Å². The van der Waals surface area contributed by atoms with Gasteiger partial charge in [-0.1, -0.05) is 57.0 Å². The summed E-state index contributed by atoms with van der Waals surface area (Å²) in [6, 6.07) is 0. The topological polar surface area (TPSA) is 76.1 Å². The van der Waals surface area contributed by atoms with Gasteiger partial charge >= 0.3 is 5.97 Å². The number of allylic oxidation sites excluding steroid dienone is 1. The minimum Gasteiger partial charge on any atom is -0.481 e. The van der Waals surface area contributed by atoms with Gasteiger partial charge in [0, 0.05) is 30.1 Å². The molecule has 5 aliphatic rings. The third kappa shape index (κ3) is 3.32. The summed E-state index contributed by atoms with van der Waals surface area (Å²) in [5.41, 5.74) is -1.77. The van der Waals surface area contributed by atoms with E-state index in [0.717, 1.165) is 37.7 Å². The third-order valence-electron chi connectivity index (χ3n) is 10.4. The number of morpholine rings is 1. The number of hydrogen-bond donors (Lipinski definition) is 1. The fraction of sp³-hybridized carbons (Fsp3) is 0.786. The van der Waals surface area contributed by atoms with E-state index in [2.05, 4.69) is 38.3 Å². The lowest BCUT2D eigenvalue weighted by atomic mass is 9.43. The molecule has 1 N–H and O–H groups in total. The highest BCUT2D eigenvalue weighted by Crippen LogP contribution is 2.82. The largest absolute Gasteiger partial charge is 0.481 e. The van der Waals surface area contributed by atoms with E-state index in [4.69, 9.17) is 21.1 Å². The number of halogens is 1. The summed E-state index contributed by atoms with van der Waals surface area (Å²) in [7, 11) is 0. The number of aldehydes is 1. The molecule has 9 atom stereocenters. The lowest BCUT2D eigenvalue weighted by Gasteiger charge is -2.58. The van der Waals surface area contributed by atoms with Gasteiger partial charge < -0.3 is 19.4 Å². The first-order valence-corrected chi connectivity index (χ1v) is 13.6. The predicted molar refractivity (Wildman–Crippen MR) is 134 cm³/mol. The number of ether oxygens (including phenoxy) is 2. The van der Waals surface area contributed by atoms with Gasteiger partial charge in [0.1, 0.15) is 11.7 Å². The van der Waals surface area contributed by atoms with Crippen molar-refractivity contribution in [1.82, 2.24) is 4.90 Å². The van der Waals surface area contributed by atoms with Gasteiger partial charge in [0.05, 0.1) is 18.1 Å². The summed E-state index contributed by atoms with van der Waals surface area (Å²) in [5, 5.41) is 11.6. The van der Waals surface area contributed by atoms with Gasteiger partial charge in [0.2, 0.25) is 0 Å². The van der Waals surface area contributed by atoms with E-state index in [0.29, 0.717) is 36.4 Å². The normalized spacial score (nSPS) is 46.5. The molecule has 0 unspecified atom stereocenters. The lowest BCUT2D eigenvalue weighted by molar-refractivity contribution is -0.235. The van der Waals surface area contributed by atoms with Crippen molar-refractivity contribution in [3.05, 3.63) is 23.3 Å². The first kappa shape index (κ1) is 25.4. The van der Waals surface area contributed by atoms with Crippen molar-refractivity contribution >= 4 is 23.9 Å².